The molecule has 2 heterocycles. The number of aromatic nitrogens is 4. The highest BCUT2D eigenvalue weighted by Gasteiger charge is 2.21. The number of nitriles is 1. The lowest BCUT2D eigenvalue weighted by molar-refractivity contribution is 0.171. The zero-order valence-electron chi connectivity index (χ0n) is 12.1. The molecule has 0 amide bonds. The molecular weight excluding hydrogens is 338 g/mol. The van der Waals surface area contributed by atoms with Crippen LogP contribution in [0.2, 0.25) is 0 Å². The molecule has 0 atom stereocenters. The molecule has 3 rings (SSSR count). The first-order chi connectivity index (χ1) is 11.5. The molecule has 0 saturated carbocycles. The minimum absolute atomic E-state index is 0.0407. The topological polar surface area (TPSA) is 169 Å². The molecule has 0 unspecified atom stereocenters. The van der Waals surface area contributed by atoms with Crippen LogP contribution in [0.15, 0.2) is 23.2 Å². The van der Waals surface area contributed by atoms with E-state index in [2.05, 4.69) is 25.9 Å². The van der Waals surface area contributed by atoms with Crippen LogP contribution >= 0.6 is 0 Å². The first-order valence-corrected chi connectivity index (χ1v) is 8.11. The van der Waals surface area contributed by atoms with Crippen molar-refractivity contribution in [1.29, 1.82) is 5.26 Å². The summed E-state index contributed by atoms with van der Waals surface area (Å²) in [6.45, 7) is 0.642. The SMILES string of the molecule is N#CC(=CNc1cc2c(cc1S(N)(=O)=O)OCCO2)c1nn[nH]n1. The molecule has 124 valence electrons. The number of benzene rings is 1. The van der Waals surface area contributed by atoms with Crippen molar-refractivity contribution in [3.8, 4) is 17.6 Å². The summed E-state index contributed by atoms with van der Waals surface area (Å²) in [4.78, 5) is -0.201. The third kappa shape index (κ3) is 3.12. The fraction of sp³-hybridized carbons (Fsp3) is 0.167. The van der Waals surface area contributed by atoms with Crippen molar-refractivity contribution >= 4 is 21.3 Å². The van der Waals surface area contributed by atoms with E-state index in [-0.39, 0.29) is 27.7 Å². The number of nitrogens with one attached hydrogen (secondary N) is 2. The van der Waals surface area contributed by atoms with Gasteiger partial charge in [0.2, 0.25) is 15.8 Å². The van der Waals surface area contributed by atoms with Crippen LogP contribution in [0.4, 0.5) is 5.69 Å². The van der Waals surface area contributed by atoms with Crippen molar-refractivity contribution < 1.29 is 17.9 Å². The van der Waals surface area contributed by atoms with Gasteiger partial charge in [0.05, 0.1) is 5.69 Å². The van der Waals surface area contributed by atoms with Crippen LogP contribution in [-0.2, 0) is 10.0 Å². The normalized spacial score (nSPS) is 14.1. The highest BCUT2D eigenvalue weighted by molar-refractivity contribution is 7.89. The Hall–Kier alpha value is -3.17. The van der Waals surface area contributed by atoms with Crippen LogP contribution in [0.3, 0.4) is 0 Å². The minimum Gasteiger partial charge on any atom is -0.486 e. The summed E-state index contributed by atoms with van der Waals surface area (Å²) >= 11 is 0. The van der Waals surface area contributed by atoms with Crippen LogP contribution in [0.5, 0.6) is 11.5 Å². The van der Waals surface area contributed by atoms with Crippen molar-refractivity contribution in [3.63, 3.8) is 0 Å². The Morgan fingerprint density at radius 3 is 2.67 bits per heavy atom. The number of nitrogens with zero attached hydrogens (tertiary/aromatic N) is 4. The van der Waals surface area contributed by atoms with E-state index in [0.29, 0.717) is 19.0 Å². The Labute approximate surface area is 136 Å². The largest absolute Gasteiger partial charge is 0.486 e. The number of H-pyrrole nitrogens is 1. The standard InChI is InChI=1S/C12H11N7O4S/c13-5-7(12-16-18-19-17-12)6-15-8-3-9-10(23-2-1-22-9)4-11(8)24(14,20)21/h3-4,6,15H,1-2H2,(H2,14,20,21)(H,16,17,18,19). The van der Waals surface area contributed by atoms with Gasteiger partial charge in [0, 0.05) is 18.3 Å². The molecule has 0 saturated heterocycles. The van der Waals surface area contributed by atoms with Crippen molar-refractivity contribution in [3.05, 3.63) is 24.2 Å². The van der Waals surface area contributed by atoms with E-state index in [1.165, 1.54) is 18.3 Å². The first kappa shape index (κ1) is 15.7. The smallest absolute Gasteiger partial charge is 0.240 e. The fourth-order valence-corrected chi connectivity index (χ4v) is 2.69. The molecule has 4 N–H and O–H groups in total. The molecule has 1 aromatic carbocycles. The van der Waals surface area contributed by atoms with E-state index in [0.717, 1.165) is 0 Å². The van der Waals surface area contributed by atoms with Gasteiger partial charge in [-0.2, -0.15) is 10.5 Å². The van der Waals surface area contributed by atoms with Gasteiger partial charge in [-0.15, -0.1) is 10.2 Å². The summed E-state index contributed by atoms with van der Waals surface area (Å²) < 4.78 is 34.4. The summed E-state index contributed by atoms with van der Waals surface area (Å²) in [5, 5.41) is 30.0. The lowest BCUT2D eigenvalue weighted by atomic mass is 10.2. The molecule has 0 fully saturated rings. The Kier molecular flexibility index (Phi) is 4.02. The van der Waals surface area contributed by atoms with Crippen molar-refractivity contribution in [2.45, 2.75) is 4.90 Å². The molecule has 2 aromatic rings. The quantitative estimate of drug-likeness (QED) is 0.621. The number of hydrogen-bond donors (Lipinski definition) is 3. The van der Waals surface area contributed by atoms with Crippen LogP contribution in [-0.4, -0.2) is 42.3 Å². The van der Waals surface area contributed by atoms with Crippen molar-refractivity contribution in [1.82, 2.24) is 20.6 Å². The number of aromatic amines is 1. The van der Waals surface area contributed by atoms with Gasteiger partial charge in [-0.3, -0.25) is 0 Å². The van der Waals surface area contributed by atoms with E-state index in [1.807, 2.05) is 6.07 Å². The van der Waals surface area contributed by atoms with Crippen molar-refractivity contribution in [2.24, 2.45) is 5.14 Å². The molecule has 0 bridgehead atoms. The summed E-state index contributed by atoms with van der Waals surface area (Å²) in [5.41, 5.74) is 0.164. The highest BCUT2D eigenvalue weighted by Crippen LogP contribution is 2.37. The van der Waals surface area contributed by atoms with Gasteiger partial charge < -0.3 is 14.8 Å². The number of hydrogen-bond acceptors (Lipinski definition) is 9. The Balaban J connectivity index is 2.02. The van der Waals surface area contributed by atoms with Gasteiger partial charge in [-0.25, -0.2) is 13.6 Å². The van der Waals surface area contributed by atoms with Gasteiger partial charge in [0.25, 0.3) is 0 Å². The Bertz CT molecular complexity index is 931. The van der Waals surface area contributed by atoms with Gasteiger partial charge in [0.15, 0.2) is 11.5 Å². The number of fused-ring (bicyclic) bond motifs is 1. The minimum atomic E-state index is -4.04. The molecular formula is C12H11N7O4S. The van der Waals surface area contributed by atoms with E-state index >= 15 is 0 Å². The number of anilines is 1. The zero-order valence-corrected chi connectivity index (χ0v) is 12.9. The fourth-order valence-electron chi connectivity index (χ4n) is 1.99. The number of sulfonamides is 1. The zero-order chi connectivity index (χ0) is 17.2. The van der Waals surface area contributed by atoms with Gasteiger partial charge >= 0.3 is 0 Å². The predicted molar refractivity (Wildman–Crippen MR) is 80.2 cm³/mol. The van der Waals surface area contributed by atoms with E-state index in [1.54, 1.807) is 0 Å². The average molecular weight is 349 g/mol. The summed E-state index contributed by atoms with van der Waals surface area (Å²) in [7, 11) is -4.04. The highest BCUT2D eigenvalue weighted by atomic mass is 32.2. The second kappa shape index (κ2) is 6.14. The van der Waals surface area contributed by atoms with E-state index in [4.69, 9.17) is 19.9 Å². The molecule has 0 spiro atoms. The maximum atomic E-state index is 11.8. The second-order valence-corrected chi connectivity index (χ2v) is 6.12. The van der Waals surface area contributed by atoms with Crippen LogP contribution in [0, 0.1) is 11.3 Å². The molecule has 0 aliphatic carbocycles. The Morgan fingerprint density at radius 1 is 1.38 bits per heavy atom. The molecule has 24 heavy (non-hydrogen) atoms. The molecule has 1 aromatic heterocycles. The molecule has 1 aliphatic rings. The molecule has 1 aliphatic heterocycles. The maximum absolute atomic E-state index is 11.8. The first-order valence-electron chi connectivity index (χ1n) is 6.56. The summed E-state index contributed by atoms with van der Waals surface area (Å²) in [6.07, 6.45) is 1.24. The lowest BCUT2D eigenvalue weighted by Crippen LogP contribution is -2.18. The van der Waals surface area contributed by atoms with Gasteiger partial charge in [0.1, 0.15) is 29.8 Å². The van der Waals surface area contributed by atoms with E-state index < -0.39 is 10.0 Å². The number of nitrogens with two attached hydrogens (primary N) is 1. The van der Waals surface area contributed by atoms with Crippen LogP contribution in [0.1, 0.15) is 5.82 Å². The second-order valence-electron chi connectivity index (χ2n) is 4.59. The maximum Gasteiger partial charge on any atom is 0.240 e. The number of allylic oxidation sites excluding steroid dienone is 1. The predicted octanol–water partition coefficient (Wildman–Crippen LogP) is -0.405. The molecule has 11 nitrogen and oxygen atoms in total. The third-order valence-electron chi connectivity index (χ3n) is 3.03. The van der Waals surface area contributed by atoms with Gasteiger partial charge in [-0.05, 0) is 5.21 Å². The van der Waals surface area contributed by atoms with Crippen LogP contribution in [0.25, 0.3) is 5.57 Å². The van der Waals surface area contributed by atoms with Crippen LogP contribution < -0.4 is 19.9 Å². The average Bonchev–Trinajstić information content (AvgIpc) is 3.08. The molecule has 0 radical (unpaired) electrons. The van der Waals surface area contributed by atoms with Crippen molar-refractivity contribution in [2.75, 3.05) is 18.5 Å². The van der Waals surface area contributed by atoms with E-state index in [9.17, 15) is 8.42 Å². The Morgan fingerprint density at radius 2 is 2.08 bits per heavy atom. The number of ether oxygens (including phenoxy) is 2. The summed E-state index contributed by atoms with van der Waals surface area (Å²) in [6, 6.07) is 4.56. The summed E-state index contributed by atoms with van der Waals surface area (Å²) in [5.74, 6) is 0.695. The third-order valence-corrected chi connectivity index (χ3v) is 3.98. The number of tetrazole rings is 1. The monoisotopic (exact) mass is 349 g/mol. The van der Waals surface area contributed by atoms with Gasteiger partial charge in [-0.1, -0.05) is 0 Å². The molecule has 12 heteroatoms. The number of rotatable bonds is 4. The lowest BCUT2D eigenvalue weighted by Gasteiger charge is -2.20. The number of primary sulfonamides is 1.